The van der Waals surface area contributed by atoms with Gasteiger partial charge < -0.3 is 20.1 Å². The van der Waals surface area contributed by atoms with Crippen LogP contribution in [-0.4, -0.2) is 42.2 Å². The molecule has 1 unspecified atom stereocenters. The zero-order chi connectivity index (χ0) is 18.5. The Balaban J connectivity index is 1.73. The number of benzene rings is 1. The summed E-state index contributed by atoms with van der Waals surface area (Å²) in [6.45, 7) is 5.23. The topological polar surface area (TPSA) is 85.4 Å². The SMILES string of the molecule is COc1ccc(C)cc1NC(=O)c1cc(C)nc(NCC2CCCO2)n1. The van der Waals surface area contributed by atoms with Gasteiger partial charge in [0.05, 0.1) is 18.9 Å². The highest BCUT2D eigenvalue weighted by atomic mass is 16.5. The van der Waals surface area contributed by atoms with Crippen molar-refractivity contribution in [3.05, 3.63) is 41.2 Å². The summed E-state index contributed by atoms with van der Waals surface area (Å²) in [6.07, 6.45) is 2.28. The number of carbonyl (C=O) groups excluding carboxylic acids is 1. The van der Waals surface area contributed by atoms with Crippen LogP contribution in [0.15, 0.2) is 24.3 Å². The van der Waals surface area contributed by atoms with E-state index in [1.807, 2.05) is 32.0 Å². The van der Waals surface area contributed by atoms with Gasteiger partial charge in [-0.05, 0) is 50.5 Å². The predicted octanol–water partition coefficient (Wildman–Crippen LogP) is 2.95. The van der Waals surface area contributed by atoms with Crippen molar-refractivity contribution in [3.63, 3.8) is 0 Å². The van der Waals surface area contributed by atoms with E-state index < -0.39 is 0 Å². The van der Waals surface area contributed by atoms with Crippen LogP contribution >= 0.6 is 0 Å². The fraction of sp³-hybridized carbons (Fsp3) is 0.421. The number of ether oxygens (including phenoxy) is 2. The summed E-state index contributed by atoms with van der Waals surface area (Å²) in [7, 11) is 1.57. The van der Waals surface area contributed by atoms with E-state index in [1.165, 1.54) is 0 Å². The standard InChI is InChI=1S/C19H24N4O3/c1-12-6-7-17(25-3)15(9-12)22-18(24)16-10-13(2)21-19(23-16)20-11-14-5-4-8-26-14/h6-7,9-10,14H,4-5,8,11H2,1-3H3,(H,22,24)(H,20,21,23). The number of hydrogen-bond acceptors (Lipinski definition) is 6. The molecule has 7 nitrogen and oxygen atoms in total. The van der Waals surface area contributed by atoms with Gasteiger partial charge in [-0.1, -0.05) is 6.07 Å². The molecule has 26 heavy (non-hydrogen) atoms. The van der Waals surface area contributed by atoms with Crippen LogP contribution < -0.4 is 15.4 Å². The minimum Gasteiger partial charge on any atom is -0.495 e. The van der Waals surface area contributed by atoms with E-state index >= 15 is 0 Å². The van der Waals surface area contributed by atoms with Crippen LogP contribution in [-0.2, 0) is 4.74 Å². The molecule has 2 heterocycles. The van der Waals surface area contributed by atoms with Gasteiger partial charge in [-0.25, -0.2) is 9.97 Å². The van der Waals surface area contributed by atoms with Crippen LogP contribution in [0.25, 0.3) is 0 Å². The summed E-state index contributed by atoms with van der Waals surface area (Å²) >= 11 is 0. The molecule has 0 radical (unpaired) electrons. The number of aryl methyl sites for hydroxylation is 2. The third-order valence-electron chi connectivity index (χ3n) is 4.20. The van der Waals surface area contributed by atoms with Gasteiger partial charge in [-0.3, -0.25) is 4.79 Å². The fourth-order valence-electron chi connectivity index (χ4n) is 2.88. The zero-order valence-electron chi connectivity index (χ0n) is 15.3. The van der Waals surface area contributed by atoms with Crippen molar-refractivity contribution in [2.45, 2.75) is 32.8 Å². The van der Waals surface area contributed by atoms with Crippen LogP contribution in [0.3, 0.4) is 0 Å². The molecule has 1 aliphatic heterocycles. The molecule has 2 aromatic rings. The predicted molar refractivity (Wildman–Crippen MR) is 99.9 cm³/mol. The molecule has 0 spiro atoms. The normalized spacial score (nSPS) is 16.3. The Hall–Kier alpha value is -2.67. The van der Waals surface area contributed by atoms with Gasteiger partial charge in [0.15, 0.2) is 0 Å². The lowest BCUT2D eigenvalue weighted by atomic mass is 10.2. The van der Waals surface area contributed by atoms with E-state index in [2.05, 4.69) is 20.6 Å². The first-order valence-electron chi connectivity index (χ1n) is 8.72. The maximum atomic E-state index is 12.6. The molecule has 1 fully saturated rings. The van der Waals surface area contributed by atoms with Crippen LogP contribution in [0.2, 0.25) is 0 Å². The number of methoxy groups -OCH3 is 1. The number of carbonyl (C=O) groups is 1. The van der Waals surface area contributed by atoms with Crippen LogP contribution in [0.1, 0.15) is 34.6 Å². The maximum Gasteiger partial charge on any atom is 0.274 e. The largest absolute Gasteiger partial charge is 0.495 e. The highest BCUT2D eigenvalue weighted by Crippen LogP contribution is 2.25. The van der Waals surface area contributed by atoms with E-state index in [0.717, 1.165) is 30.7 Å². The van der Waals surface area contributed by atoms with Gasteiger partial charge in [0.2, 0.25) is 5.95 Å². The van der Waals surface area contributed by atoms with Crippen molar-refractivity contribution in [2.24, 2.45) is 0 Å². The summed E-state index contributed by atoms with van der Waals surface area (Å²) in [5.74, 6) is 0.730. The molecule has 0 bridgehead atoms. The molecule has 2 N–H and O–H groups in total. The smallest absolute Gasteiger partial charge is 0.274 e. The molecule has 138 valence electrons. The lowest BCUT2D eigenvalue weighted by Crippen LogP contribution is -2.21. The third-order valence-corrected chi connectivity index (χ3v) is 4.20. The van der Waals surface area contributed by atoms with Gasteiger partial charge in [0, 0.05) is 18.8 Å². The summed E-state index contributed by atoms with van der Waals surface area (Å²) in [6, 6.07) is 7.28. The summed E-state index contributed by atoms with van der Waals surface area (Å²) in [5, 5.41) is 6.03. The summed E-state index contributed by atoms with van der Waals surface area (Å²) < 4.78 is 10.9. The van der Waals surface area contributed by atoms with Gasteiger partial charge >= 0.3 is 0 Å². The van der Waals surface area contributed by atoms with Crippen molar-refractivity contribution in [1.82, 2.24) is 9.97 Å². The molecule has 1 atom stereocenters. The van der Waals surface area contributed by atoms with E-state index in [1.54, 1.807) is 13.2 Å². The molecule has 1 aliphatic rings. The van der Waals surface area contributed by atoms with E-state index in [4.69, 9.17) is 9.47 Å². The number of nitrogens with zero attached hydrogens (tertiary/aromatic N) is 2. The van der Waals surface area contributed by atoms with Crippen LogP contribution in [0.4, 0.5) is 11.6 Å². The molecular weight excluding hydrogens is 332 g/mol. The molecule has 1 saturated heterocycles. The average Bonchev–Trinajstić information content (AvgIpc) is 3.13. The van der Waals surface area contributed by atoms with Crippen molar-refractivity contribution >= 4 is 17.5 Å². The lowest BCUT2D eigenvalue weighted by molar-refractivity contribution is 0.102. The Morgan fingerprint density at radius 1 is 1.31 bits per heavy atom. The van der Waals surface area contributed by atoms with Crippen molar-refractivity contribution in [3.8, 4) is 5.75 Å². The van der Waals surface area contributed by atoms with Crippen molar-refractivity contribution in [1.29, 1.82) is 0 Å². The van der Waals surface area contributed by atoms with Crippen LogP contribution in [0.5, 0.6) is 5.75 Å². The number of amides is 1. The fourth-order valence-corrected chi connectivity index (χ4v) is 2.88. The van der Waals surface area contributed by atoms with E-state index in [0.29, 0.717) is 29.6 Å². The Morgan fingerprint density at radius 2 is 2.15 bits per heavy atom. The van der Waals surface area contributed by atoms with Gasteiger partial charge in [0.1, 0.15) is 11.4 Å². The van der Waals surface area contributed by atoms with Gasteiger partial charge in [-0.2, -0.15) is 0 Å². The first-order valence-corrected chi connectivity index (χ1v) is 8.72. The van der Waals surface area contributed by atoms with Crippen molar-refractivity contribution in [2.75, 3.05) is 30.9 Å². The highest BCUT2D eigenvalue weighted by molar-refractivity contribution is 6.04. The Bertz CT molecular complexity index is 788. The van der Waals surface area contributed by atoms with Gasteiger partial charge in [0.25, 0.3) is 5.91 Å². The minimum atomic E-state index is -0.306. The molecule has 1 aromatic carbocycles. The molecule has 0 aliphatic carbocycles. The maximum absolute atomic E-state index is 12.6. The second-order valence-corrected chi connectivity index (χ2v) is 6.39. The monoisotopic (exact) mass is 356 g/mol. The van der Waals surface area contributed by atoms with Crippen molar-refractivity contribution < 1.29 is 14.3 Å². The van der Waals surface area contributed by atoms with E-state index in [-0.39, 0.29) is 12.0 Å². The first kappa shape index (κ1) is 18.1. The van der Waals surface area contributed by atoms with E-state index in [9.17, 15) is 4.79 Å². The molecule has 7 heteroatoms. The van der Waals surface area contributed by atoms with Gasteiger partial charge in [-0.15, -0.1) is 0 Å². The second kappa shape index (κ2) is 8.14. The number of hydrogen-bond donors (Lipinski definition) is 2. The second-order valence-electron chi connectivity index (χ2n) is 6.39. The number of nitrogens with one attached hydrogen (secondary N) is 2. The summed E-state index contributed by atoms with van der Waals surface area (Å²) in [4.78, 5) is 21.3. The molecule has 0 saturated carbocycles. The summed E-state index contributed by atoms with van der Waals surface area (Å²) in [5.41, 5.74) is 2.66. The van der Waals surface area contributed by atoms with Crippen LogP contribution in [0, 0.1) is 13.8 Å². The number of rotatable bonds is 6. The lowest BCUT2D eigenvalue weighted by Gasteiger charge is -2.13. The number of anilines is 2. The third kappa shape index (κ3) is 4.49. The molecular formula is C19H24N4O3. The number of aromatic nitrogens is 2. The molecule has 1 amide bonds. The Labute approximate surface area is 153 Å². The Morgan fingerprint density at radius 3 is 2.88 bits per heavy atom. The molecule has 1 aromatic heterocycles. The Kier molecular flexibility index (Phi) is 5.68. The molecule has 3 rings (SSSR count). The highest BCUT2D eigenvalue weighted by Gasteiger charge is 2.17. The quantitative estimate of drug-likeness (QED) is 0.828. The minimum absolute atomic E-state index is 0.174. The zero-order valence-corrected chi connectivity index (χ0v) is 15.3. The first-order chi connectivity index (χ1) is 12.5. The average molecular weight is 356 g/mol.